The van der Waals surface area contributed by atoms with Crippen LogP contribution in [-0.4, -0.2) is 46.7 Å². The van der Waals surface area contributed by atoms with E-state index in [1.54, 1.807) is 23.2 Å². The molecule has 2 amide bonds. The van der Waals surface area contributed by atoms with Crippen LogP contribution in [0.15, 0.2) is 29.2 Å². The van der Waals surface area contributed by atoms with Crippen LogP contribution in [0.4, 0.5) is 4.79 Å². The summed E-state index contributed by atoms with van der Waals surface area (Å²) >= 11 is 0. The minimum atomic E-state index is -0.487. The first-order valence-electron chi connectivity index (χ1n) is 9.65. The van der Waals surface area contributed by atoms with Crippen molar-refractivity contribution in [3.63, 3.8) is 0 Å². The summed E-state index contributed by atoms with van der Waals surface area (Å²) < 4.78 is 6.97. The molecule has 1 aromatic rings. The van der Waals surface area contributed by atoms with Crippen LogP contribution in [0, 0.1) is 5.92 Å². The van der Waals surface area contributed by atoms with Crippen molar-refractivity contribution in [1.82, 2.24) is 14.8 Å². The number of ether oxygens (including phenoxy) is 1. The Morgan fingerprint density at radius 1 is 1.30 bits per heavy atom. The highest BCUT2D eigenvalue weighted by atomic mass is 16.6. The molecule has 1 unspecified atom stereocenters. The largest absolute Gasteiger partial charge is 0.444 e. The fourth-order valence-corrected chi connectivity index (χ4v) is 3.16. The molecule has 0 aromatic carbocycles. The van der Waals surface area contributed by atoms with Crippen molar-refractivity contribution in [3.8, 4) is 0 Å². The number of likely N-dealkylation sites (tertiary alicyclic amines) is 1. The number of rotatable bonds is 6. The number of hydrogen-bond donors (Lipinski definition) is 1. The number of carbonyl (C=O) groups excluding carboxylic acids is 2. The van der Waals surface area contributed by atoms with Gasteiger partial charge in [0.2, 0.25) is 5.91 Å². The number of aryl methyl sites for hydroxylation is 1. The van der Waals surface area contributed by atoms with Crippen LogP contribution in [0.1, 0.15) is 46.5 Å². The maximum Gasteiger partial charge on any atom is 0.410 e. The molecule has 0 saturated carbocycles. The lowest BCUT2D eigenvalue weighted by molar-refractivity contribution is -0.121. The second kappa shape index (κ2) is 9.58. The number of hydrogen-bond acceptors (Lipinski definition) is 4. The minimum Gasteiger partial charge on any atom is -0.444 e. The molecule has 0 spiro atoms. The summed E-state index contributed by atoms with van der Waals surface area (Å²) in [5, 5.41) is 2.91. The molecule has 2 rings (SSSR count). The summed E-state index contributed by atoms with van der Waals surface area (Å²) in [7, 11) is 0. The van der Waals surface area contributed by atoms with Crippen LogP contribution >= 0.6 is 0 Å². The third-order valence-electron chi connectivity index (χ3n) is 4.52. The van der Waals surface area contributed by atoms with Crippen LogP contribution in [0.3, 0.4) is 0 Å². The van der Waals surface area contributed by atoms with Gasteiger partial charge in [-0.2, -0.15) is 0 Å². The van der Waals surface area contributed by atoms with E-state index in [0.717, 1.165) is 25.8 Å². The van der Waals surface area contributed by atoms with Gasteiger partial charge in [-0.3, -0.25) is 9.59 Å². The van der Waals surface area contributed by atoms with Gasteiger partial charge in [0.05, 0.1) is 0 Å². The number of nitrogens with one attached hydrogen (secondary N) is 1. The Balaban J connectivity index is 1.68. The van der Waals surface area contributed by atoms with Crippen LogP contribution in [-0.2, 0) is 16.1 Å². The average molecular weight is 377 g/mol. The summed E-state index contributed by atoms with van der Waals surface area (Å²) in [6, 6.07) is 4.94. The Morgan fingerprint density at radius 2 is 2.07 bits per heavy atom. The summed E-state index contributed by atoms with van der Waals surface area (Å²) in [5.74, 6) is 0.300. The molecule has 7 heteroatoms. The normalized spacial score (nSPS) is 17.4. The lowest BCUT2D eigenvalue weighted by Crippen LogP contribution is -2.43. The SMILES string of the molecule is CC(C)(C)OC(=O)N1CCCC(CCNC(=O)CCn2ccccc2=O)C1. The molecule has 27 heavy (non-hydrogen) atoms. The van der Waals surface area contributed by atoms with E-state index >= 15 is 0 Å². The quantitative estimate of drug-likeness (QED) is 0.825. The number of nitrogens with zero attached hydrogens (tertiary/aromatic N) is 2. The molecule has 1 aliphatic rings. The fraction of sp³-hybridized carbons (Fsp3) is 0.650. The lowest BCUT2D eigenvalue weighted by Gasteiger charge is -2.34. The van der Waals surface area contributed by atoms with Crippen molar-refractivity contribution in [2.75, 3.05) is 19.6 Å². The van der Waals surface area contributed by atoms with E-state index in [2.05, 4.69) is 5.32 Å². The molecule has 150 valence electrons. The van der Waals surface area contributed by atoms with Gasteiger partial charge in [0.15, 0.2) is 0 Å². The minimum absolute atomic E-state index is 0.0643. The van der Waals surface area contributed by atoms with E-state index in [9.17, 15) is 14.4 Å². The van der Waals surface area contributed by atoms with Crippen molar-refractivity contribution in [1.29, 1.82) is 0 Å². The highest BCUT2D eigenvalue weighted by molar-refractivity contribution is 5.75. The predicted octanol–water partition coefficient (Wildman–Crippen LogP) is 2.39. The highest BCUT2D eigenvalue weighted by Crippen LogP contribution is 2.21. The zero-order valence-electron chi connectivity index (χ0n) is 16.6. The number of pyridine rings is 1. The Morgan fingerprint density at radius 3 is 2.78 bits per heavy atom. The van der Waals surface area contributed by atoms with Gasteiger partial charge in [0.25, 0.3) is 5.56 Å². The standard InChI is InChI=1S/C20H31N3O4/c1-20(2,3)27-19(26)23-13-6-7-16(15-23)9-11-21-17(24)10-14-22-12-5-4-8-18(22)25/h4-5,8,12,16H,6-7,9-11,13-15H2,1-3H3,(H,21,24). The molecule has 7 nitrogen and oxygen atoms in total. The first kappa shape index (κ1) is 21.0. The maximum absolute atomic E-state index is 12.2. The molecule has 1 aliphatic heterocycles. The second-order valence-corrected chi connectivity index (χ2v) is 8.06. The zero-order chi connectivity index (χ0) is 19.9. The number of amides is 2. The van der Waals surface area contributed by atoms with E-state index in [1.165, 1.54) is 10.6 Å². The molecule has 2 heterocycles. The molecule has 1 aromatic heterocycles. The molecular weight excluding hydrogens is 346 g/mol. The summed E-state index contributed by atoms with van der Waals surface area (Å²) in [6.07, 6.45) is 4.53. The van der Waals surface area contributed by atoms with E-state index in [-0.39, 0.29) is 24.0 Å². The van der Waals surface area contributed by atoms with Gasteiger partial charge >= 0.3 is 6.09 Å². The van der Waals surface area contributed by atoms with Crippen molar-refractivity contribution in [2.45, 2.75) is 58.6 Å². The first-order valence-corrected chi connectivity index (χ1v) is 9.65. The molecule has 0 radical (unpaired) electrons. The Labute approximate surface area is 160 Å². The smallest absolute Gasteiger partial charge is 0.410 e. The maximum atomic E-state index is 12.2. The van der Waals surface area contributed by atoms with Gasteiger partial charge in [0, 0.05) is 44.9 Å². The van der Waals surface area contributed by atoms with Crippen LogP contribution in [0.2, 0.25) is 0 Å². The molecule has 1 atom stereocenters. The Hall–Kier alpha value is -2.31. The average Bonchev–Trinajstić information content (AvgIpc) is 2.60. The van der Waals surface area contributed by atoms with Gasteiger partial charge < -0.3 is 19.5 Å². The fourth-order valence-electron chi connectivity index (χ4n) is 3.16. The number of piperidine rings is 1. The molecular formula is C20H31N3O4. The molecule has 1 fully saturated rings. The summed E-state index contributed by atoms with van der Waals surface area (Å²) in [5.41, 5.74) is -0.589. The highest BCUT2D eigenvalue weighted by Gasteiger charge is 2.27. The number of aromatic nitrogens is 1. The zero-order valence-corrected chi connectivity index (χ0v) is 16.6. The van der Waals surface area contributed by atoms with Gasteiger partial charge in [-0.1, -0.05) is 6.07 Å². The van der Waals surface area contributed by atoms with Crippen LogP contribution < -0.4 is 10.9 Å². The first-order chi connectivity index (χ1) is 12.7. The summed E-state index contributed by atoms with van der Waals surface area (Å²) in [4.78, 5) is 37.6. The van der Waals surface area contributed by atoms with E-state index < -0.39 is 5.60 Å². The molecule has 0 aliphatic carbocycles. The third-order valence-corrected chi connectivity index (χ3v) is 4.52. The van der Waals surface area contributed by atoms with Gasteiger partial charge in [0.1, 0.15) is 5.60 Å². The van der Waals surface area contributed by atoms with E-state index in [1.807, 2.05) is 20.8 Å². The van der Waals surface area contributed by atoms with Crippen molar-refractivity contribution in [2.24, 2.45) is 5.92 Å². The Bertz CT molecular complexity index is 693. The van der Waals surface area contributed by atoms with Crippen molar-refractivity contribution < 1.29 is 14.3 Å². The third kappa shape index (κ3) is 7.45. The monoisotopic (exact) mass is 377 g/mol. The van der Waals surface area contributed by atoms with E-state index in [0.29, 0.717) is 25.6 Å². The topological polar surface area (TPSA) is 80.6 Å². The van der Waals surface area contributed by atoms with Crippen LogP contribution in [0.5, 0.6) is 0 Å². The van der Waals surface area contributed by atoms with Gasteiger partial charge in [-0.15, -0.1) is 0 Å². The predicted molar refractivity (Wildman–Crippen MR) is 103 cm³/mol. The molecule has 1 saturated heterocycles. The van der Waals surface area contributed by atoms with E-state index in [4.69, 9.17) is 4.74 Å². The van der Waals surface area contributed by atoms with Gasteiger partial charge in [-0.25, -0.2) is 4.79 Å². The Kier molecular flexibility index (Phi) is 7.45. The molecule has 0 bridgehead atoms. The van der Waals surface area contributed by atoms with Crippen molar-refractivity contribution in [3.05, 3.63) is 34.7 Å². The molecule has 1 N–H and O–H groups in total. The van der Waals surface area contributed by atoms with Crippen molar-refractivity contribution >= 4 is 12.0 Å². The van der Waals surface area contributed by atoms with Gasteiger partial charge in [-0.05, 0) is 52.0 Å². The second-order valence-electron chi connectivity index (χ2n) is 8.06. The van der Waals surface area contributed by atoms with Crippen LogP contribution in [0.25, 0.3) is 0 Å². The number of carbonyl (C=O) groups is 2. The summed E-state index contributed by atoms with van der Waals surface area (Å²) in [6.45, 7) is 7.95. The lowest BCUT2D eigenvalue weighted by atomic mass is 9.95.